The molecule has 0 spiro atoms. The molecule has 5 nitrogen and oxygen atoms in total. The highest BCUT2D eigenvalue weighted by Crippen LogP contribution is 2.28. The van der Waals surface area contributed by atoms with Gasteiger partial charge in [-0.05, 0) is 38.0 Å². The minimum Gasteiger partial charge on any atom is -0.444 e. The molecule has 1 atom stereocenters. The number of halogens is 1. The summed E-state index contributed by atoms with van der Waals surface area (Å²) in [5.41, 5.74) is 1.80. The van der Waals surface area contributed by atoms with Gasteiger partial charge in [0.25, 0.3) is 0 Å². The summed E-state index contributed by atoms with van der Waals surface area (Å²) in [6.07, 6.45) is 1.82. The molecule has 1 unspecified atom stereocenters. The van der Waals surface area contributed by atoms with Crippen molar-refractivity contribution in [2.75, 3.05) is 13.1 Å². The summed E-state index contributed by atoms with van der Waals surface area (Å²) in [6, 6.07) is 5.76. The molecule has 1 amide bonds. The summed E-state index contributed by atoms with van der Waals surface area (Å²) in [5, 5.41) is 5.22. The van der Waals surface area contributed by atoms with Crippen molar-refractivity contribution in [1.82, 2.24) is 14.7 Å². The van der Waals surface area contributed by atoms with Crippen LogP contribution in [-0.4, -0.2) is 45.6 Å². The first kappa shape index (κ1) is 16.5. The smallest absolute Gasteiger partial charge is 0.410 e. The van der Waals surface area contributed by atoms with Crippen molar-refractivity contribution in [3.05, 3.63) is 36.0 Å². The van der Waals surface area contributed by atoms with E-state index in [1.54, 1.807) is 37.7 Å². The van der Waals surface area contributed by atoms with E-state index in [1.165, 1.54) is 4.90 Å². The number of ether oxygens (including phenoxy) is 1. The minimum atomic E-state index is -1.24. The monoisotopic (exact) mass is 331 g/mol. The molecule has 24 heavy (non-hydrogen) atoms. The van der Waals surface area contributed by atoms with Crippen molar-refractivity contribution in [3.63, 3.8) is 0 Å². The van der Waals surface area contributed by atoms with Crippen molar-refractivity contribution in [2.45, 2.75) is 32.5 Å². The highest BCUT2D eigenvalue weighted by atomic mass is 19.1. The fourth-order valence-corrected chi connectivity index (χ4v) is 2.80. The van der Waals surface area contributed by atoms with Crippen molar-refractivity contribution in [2.24, 2.45) is 7.05 Å². The van der Waals surface area contributed by atoms with Gasteiger partial charge in [0, 0.05) is 19.0 Å². The Balaban J connectivity index is 1.82. The first-order valence-corrected chi connectivity index (χ1v) is 7.99. The third kappa shape index (κ3) is 3.27. The fourth-order valence-electron chi connectivity index (χ4n) is 2.80. The summed E-state index contributed by atoms with van der Waals surface area (Å²) in [5.74, 6) is 0. The van der Waals surface area contributed by atoms with Crippen LogP contribution in [0.15, 0.2) is 30.5 Å². The topological polar surface area (TPSA) is 47.4 Å². The molecule has 0 aliphatic carbocycles. The zero-order valence-corrected chi connectivity index (χ0v) is 14.4. The molecule has 2 heterocycles. The Kier molecular flexibility index (Phi) is 4.07. The van der Waals surface area contributed by atoms with Crippen LogP contribution in [0.1, 0.15) is 26.3 Å². The number of alkyl halides is 1. The lowest BCUT2D eigenvalue weighted by molar-refractivity contribution is 0.0236. The number of hydrogen-bond acceptors (Lipinski definition) is 3. The minimum absolute atomic E-state index is 0.00414. The predicted octanol–water partition coefficient (Wildman–Crippen LogP) is 3.55. The van der Waals surface area contributed by atoms with E-state index in [1.807, 2.05) is 25.2 Å². The van der Waals surface area contributed by atoms with Crippen LogP contribution in [0.4, 0.5) is 9.18 Å². The quantitative estimate of drug-likeness (QED) is 0.803. The van der Waals surface area contributed by atoms with Crippen LogP contribution < -0.4 is 0 Å². The van der Waals surface area contributed by atoms with E-state index in [4.69, 9.17) is 4.74 Å². The maximum absolute atomic E-state index is 14.7. The van der Waals surface area contributed by atoms with Gasteiger partial charge in [-0.1, -0.05) is 18.2 Å². The van der Waals surface area contributed by atoms with Gasteiger partial charge >= 0.3 is 6.09 Å². The molecule has 1 aromatic carbocycles. The molecule has 0 N–H and O–H groups in total. The van der Waals surface area contributed by atoms with Crippen molar-refractivity contribution in [3.8, 4) is 0 Å². The molecule has 1 aromatic heterocycles. The number of benzene rings is 1. The first-order valence-electron chi connectivity index (χ1n) is 7.99. The fraction of sp³-hybridized carbons (Fsp3) is 0.444. The van der Waals surface area contributed by atoms with Crippen LogP contribution in [-0.2, 0) is 11.8 Å². The van der Waals surface area contributed by atoms with Gasteiger partial charge in [-0.2, -0.15) is 5.10 Å². The maximum atomic E-state index is 14.7. The van der Waals surface area contributed by atoms with E-state index in [0.29, 0.717) is 12.1 Å². The van der Waals surface area contributed by atoms with Gasteiger partial charge in [0.05, 0.1) is 18.3 Å². The zero-order chi connectivity index (χ0) is 17.5. The third-order valence-electron chi connectivity index (χ3n) is 3.98. The average Bonchev–Trinajstić information content (AvgIpc) is 2.86. The molecule has 0 bridgehead atoms. The van der Waals surface area contributed by atoms with Gasteiger partial charge in [0.2, 0.25) is 0 Å². The SMILES string of the molecule is Cn1ncc2ccc(C3=CCN(C(=O)OC(C)(C)C)CC3F)cc21. The average molecular weight is 331 g/mol. The predicted molar refractivity (Wildman–Crippen MR) is 91.4 cm³/mol. The van der Waals surface area contributed by atoms with Crippen LogP contribution >= 0.6 is 0 Å². The molecule has 6 heteroatoms. The highest BCUT2D eigenvalue weighted by Gasteiger charge is 2.29. The second kappa shape index (κ2) is 5.92. The Bertz CT molecular complexity index is 804. The lowest BCUT2D eigenvalue weighted by atomic mass is 9.97. The van der Waals surface area contributed by atoms with Crippen LogP contribution in [0.5, 0.6) is 0 Å². The molecule has 128 valence electrons. The molecule has 0 fully saturated rings. The number of aryl methyl sites for hydroxylation is 1. The van der Waals surface area contributed by atoms with Gasteiger partial charge in [-0.25, -0.2) is 9.18 Å². The van der Waals surface area contributed by atoms with E-state index >= 15 is 0 Å². The summed E-state index contributed by atoms with van der Waals surface area (Å²) in [4.78, 5) is 13.5. The number of rotatable bonds is 1. The van der Waals surface area contributed by atoms with Crippen molar-refractivity contribution in [1.29, 1.82) is 0 Å². The number of carbonyl (C=O) groups is 1. The maximum Gasteiger partial charge on any atom is 0.410 e. The third-order valence-corrected chi connectivity index (χ3v) is 3.98. The second-order valence-electron chi connectivity index (χ2n) is 7.05. The highest BCUT2D eigenvalue weighted by molar-refractivity contribution is 5.84. The summed E-state index contributed by atoms with van der Waals surface area (Å²) in [6.45, 7) is 5.74. The largest absolute Gasteiger partial charge is 0.444 e. The van der Waals surface area contributed by atoms with Crippen molar-refractivity contribution >= 4 is 22.6 Å². The van der Waals surface area contributed by atoms with Gasteiger partial charge in [0.15, 0.2) is 0 Å². The summed E-state index contributed by atoms with van der Waals surface area (Å²) in [7, 11) is 1.86. The molecule has 0 saturated carbocycles. The summed E-state index contributed by atoms with van der Waals surface area (Å²) >= 11 is 0. The Hall–Kier alpha value is -2.37. The number of aromatic nitrogens is 2. The number of amides is 1. The Morgan fingerprint density at radius 3 is 2.79 bits per heavy atom. The van der Waals surface area contributed by atoms with Gasteiger partial charge in [-0.3, -0.25) is 4.68 Å². The lowest BCUT2D eigenvalue weighted by Gasteiger charge is -2.31. The molecule has 0 radical (unpaired) electrons. The molecular formula is C18H22FN3O2. The van der Waals surface area contributed by atoms with Gasteiger partial charge in [0.1, 0.15) is 11.8 Å². The number of fused-ring (bicyclic) bond motifs is 1. The normalized spacial score (nSPS) is 18.6. The summed E-state index contributed by atoms with van der Waals surface area (Å²) < 4.78 is 21.7. The lowest BCUT2D eigenvalue weighted by Crippen LogP contribution is -2.42. The van der Waals surface area contributed by atoms with E-state index in [0.717, 1.165) is 16.5 Å². The molecular weight excluding hydrogens is 309 g/mol. The number of carbonyl (C=O) groups excluding carboxylic acids is 1. The van der Waals surface area contributed by atoms with E-state index in [-0.39, 0.29) is 6.54 Å². The Morgan fingerprint density at radius 2 is 2.12 bits per heavy atom. The van der Waals surface area contributed by atoms with Crippen LogP contribution in [0, 0.1) is 0 Å². The second-order valence-corrected chi connectivity index (χ2v) is 7.05. The van der Waals surface area contributed by atoms with Gasteiger partial charge in [-0.15, -0.1) is 0 Å². The number of nitrogens with zero attached hydrogens (tertiary/aromatic N) is 3. The standard InChI is InChI=1S/C18H22FN3O2/c1-18(2,3)24-17(23)22-8-7-14(15(19)11-22)12-5-6-13-10-20-21(4)16(13)9-12/h5-7,9-10,15H,8,11H2,1-4H3. The Labute approximate surface area is 140 Å². The van der Waals surface area contributed by atoms with E-state index < -0.39 is 17.9 Å². The molecule has 1 aliphatic heterocycles. The van der Waals surface area contributed by atoms with Crippen LogP contribution in [0.2, 0.25) is 0 Å². The molecule has 1 aliphatic rings. The molecule has 0 saturated heterocycles. The van der Waals surface area contributed by atoms with Crippen LogP contribution in [0.3, 0.4) is 0 Å². The number of hydrogen-bond donors (Lipinski definition) is 0. The zero-order valence-electron chi connectivity index (χ0n) is 14.4. The molecule has 3 rings (SSSR count). The van der Waals surface area contributed by atoms with Crippen LogP contribution in [0.25, 0.3) is 16.5 Å². The first-order chi connectivity index (χ1) is 11.2. The Morgan fingerprint density at radius 1 is 1.38 bits per heavy atom. The van der Waals surface area contributed by atoms with Gasteiger partial charge < -0.3 is 9.64 Å². The van der Waals surface area contributed by atoms with E-state index in [2.05, 4.69) is 5.10 Å². The molecule has 2 aromatic rings. The van der Waals surface area contributed by atoms with Crippen molar-refractivity contribution < 1.29 is 13.9 Å². The van der Waals surface area contributed by atoms with E-state index in [9.17, 15) is 9.18 Å².